The standard InChI is InChI=1S/C25H31N3O4/c1-18-7-6-10-21(17-18)23(29)27-22(24(30)26-13-16-32-2)19-11-14-28(15-12-19)25(31)20-8-4-3-5-9-20/h3-10,17,19,22H,11-16H2,1-2H3,(H,26,30)(H,27,29)/t22-/m0/s1. The Balaban J connectivity index is 1.67. The van der Waals surface area contributed by atoms with Crippen LogP contribution in [0.1, 0.15) is 39.1 Å². The minimum absolute atomic E-state index is 0.00561. The Morgan fingerprint density at radius 1 is 1.03 bits per heavy atom. The number of nitrogens with one attached hydrogen (secondary N) is 2. The number of hydrogen-bond donors (Lipinski definition) is 2. The molecule has 3 amide bonds. The fourth-order valence-electron chi connectivity index (χ4n) is 3.99. The maximum Gasteiger partial charge on any atom is 0.253 e. The first-order chi connectivity index (χ1) is 15.5. The molecule has 2 aromatic carbocycles. The predicted octanol–water partition coefficient (Wildman–Crippen LogP) is 2.41. The summed E-state index contributed by atoms with van der Waals surface area (Å²) in [4.78, 5) is 40.3. The van der Waals surface area contributed by atoms with Crippen LogP contribution in [0.3, 0.4) is 0 Å². The van der Waals surface area contributed by atoms with E-state index in [0.717, 1.165) is 5.56 Å². The van der Waals surface area contributed by atoms with Gasteiger partial charge in [-0.05, 0) is 49.9 Å². The Kier molecular flexibility index (Phi) is 8.39. The van der Waals surface area contributed by atoms with Crippen molar-refractivity contribution in [1.82, 2.24) is 15.5 Å². The summed E-state index contributed by atoms with van der Waals surface area (Å²) in [6.45, 7) is 3.78. The van der Waals surface area contributed by atoms with E-state index in [2.05, 4.69) is 10.6 Å². The van der Waals surface area contributed by atoms with Gasteiger partial charge in [0, 0.05) is 37.9 Å². The summed E-state index contributed by atoms with van der Waals surface area (Å²) in [5.41, 5.74) is 2.16. The molecule has 1 aliphatic rings. The summed E-state index contributed by atoms with van der Waals surface area (Å²) in [5, 5.41) is 5.79. The topological polar surface area (TPSA) is 87.7 Å². The van der Waals surface area contributed by atoms with Crippen LogP contribution in [0.2, 0.25) is 0 Å². The average molecular weight is 438 g/mol. The molecule has 1 saturated heterocycles. The van der Waals surface area contributed by atoms with Gasteiger partial charge >= 0.3 is 0 Å². The number of carbonyl (C=O) groups excluding carboxylic acids is 3. The summed E-state index contributed by atoms with van der Waals surface area (Å²) in [5.74, 6) is -0.570. The highest BCUT2D eigenvalue weighted by Crippen LogP contribution is 2.23. The smallest absolute Gasteiger partial charge is 0.253 e. The van der Waals surface area contributed by atoms with Crippen molar-refractivity contribution < 1.29 is 19.1 Å². The zero-order chi connectivity index (χ0) is 22.9. The fraction of sp³-hybridized carbons (Fsp3) is 0.400. The van der Waals surface area contributed by atoms with E-state index in [9.17, 15) is 14.4 Å². The molecule has 0 bridgehead atoms. The van der Waals surface area contributed by atoms with Crippen molar-refractivity contribution in [2.45, 2.75) is 25.8 Å². The predicted molar refractivity (Wildman–Crippen MR) is 122 cm³/mol. The molecule has 2 N–H and O–H groups in total. The molecular weight excluding hydrogens is 406 g/mol. The molecule has 1 atom stereocenters. The highest BCUT2D eigenvalue weighted by Gasteiger charge is 2.34. The number of likely N-dealkylation sites (tertiary alicyclic amines) is 1. The largest absolute Gasteiger partial charge is 0.383 e. The molecule has 3 rings (SSSR count). The third-order valence-electron chi connectivity index (χ3n) is 5.77. The van der Waals surface area contributed by atoms with E-state index in [0.29, 0.717) is 50.2 Å². The molecule has 7 nitrogen and oxygen atoms in total. The number of ether oxygens (including phenoxy) is 1. The summed E-state index contributed by atoms with van der Waals surface area (Å²) in [6, 6.07) is 15.8. The third-order valence-corrected chi connectivity index (χ3v) is 5.77. The van der Waals surface area contributed by atoms with Gasteiger partial charge in [0.05, 0.1) is 6.61 Å². The van der Waals surface area contributed by atoms with Gasteiger partial charge in [-0.1, -0.05) is 35.9 Å². The molecule has 1 aliphatic heterocycles. The molecular formula is C25H31N3O4. The number of nitrogens with zero attached hydrogens (tertiary/aromatic N) is 1. The number of benzene rings is 2. The number of methoxy groups -OCH3 is 1. The molecule has 1 heterocycles. The Morgan fingerprint density at radius 2 is 1.72 bits per heavy atom. The normalized spacial score (nSPS) is 15.1. The maximum atomic E-state index is 12.9. The lowest BCUT2D eigenvalue weighted by Crippen LogP contribution is -2.54. The van der Waals surface area contributed by atoms with Crippen LogP contribution in [-0.2, 0) is 9.53 Å². The number of rotatable bonds is 8. The molecule has 0 spiro atoms. The van der Waals surface area contributed by atoms with Crippen LogP contribution in [0.4, 0.5) is 0 Å². The Labute approximate surface area is 189 Å². The first-order valence-electron chi connectivity index (χ1n) is 11.0. The molecule has 32 heavy (non-hydrogen) atoms. The van der Waals surface area contributed by atoms with Gasteiger partial charge in [0.25, 0.3) is 11.8 Å². The minimum atomic E-state index is -0.672. The monoisotopic (exact) mass is 437 g/mol. The van der Waals surface area contributed by atoms with E-state index in [1.807, 2.05) is 54.3 Å². The van der Waals surface area contributed by atoms with Crippen LogP contribution in [-0.4, -0.2) is 62.0 Å². The molecule has 2 aromatic rings. The van der Waals surface area contributed by atoms with Crippen molar-refractivity contribution in [3.8, 4) is 0 Å². The van der Waals surface area contributed by atoms with Crippen molar-refractivity contribution in [3.05, 3.63) is 71.3 Å². The molecule has 0 unspecified atom stereocenters. The number of amides is 3. The van der Waals surface area contributed by atoms with Crippen LogP contribution in [0.15, 0.2) is 54.6 Å². The van der Waals surface area contributed by atoms with Gasteiger partial charge in [0.15, 0.2) is 0 Å². The second-order valence-electron chi connectivity index (χ2n) is 8.10. The maximum absolute atomic E-state index is 12.9. The number of piperidine rings is 1. The highest BCUT2D eigenvalue weighted by atomic mass is 16.5. The Morgan fingerprint density at radius 3 is 2.38 bits per heavy atom. The van der Waals surface area contributed by atoms with Gasteiger partial charge in [-0.3, -0.25) is 14.4 Å². The van der Waals surface area contributed by atoms with Crippen molar-refractivity contribution in [2.75, 3.05) is 33.4 Å². The average Bonchev–Trinajstić information content (AvgIpc) is 2.82. The van der Waals surface area contributed by atoms with Gasteiger partial charge in [0.2, 0.25) is 5.91 Å². The van der Waals surface area contributed by atoms with Crippen LogP contribution >= 0.6 is 0 Å². The zero-order valence-corrected chi connectivity index (χ0v) is 18.7. The summed E-state index contributed by atoms with van der Waals surface area (Å²) in [6.07, 6.45) is 1.27. The molecule has 1 fully saturated rings. The minimum Gasteiger partial charge on any atom is -0.383 e. The quantitative estimate of drug-likeness (QED) is 0.621. The van der Waals surface area contributed by atoms with Crippen molar-refractivity contribution >= 4 is 17.7 Å². The first-order valence-corrected chi connectivity index (χ1v) is 11.0. The van der Waals surface area contributed by atoms with Crippen molar-refractivity contribution in [3.63, 3.8) is 0 Å². The van der Waals surface area contributed by atoms with Gasteiger partial charge in [-0.2, -0.15) is 0 Å². The van der Waals surface area contributed by atoms with E-state index in [1.165, 1.54) is 0 Å². The zero-order valence-electron chi connectivity index (χ0n) is 18.7. The fourth-order valence-corrected chi connectivity index (χ4v) is 3.99. The van der Waals surface area contributed by atoms with Gasteiger partial charge in [0.1, 0.15) is 6.04 Å². The van der Waals surface area contributed by atoms with Crippen LogP contribution < -0.4 is 10.6 Å². The van der Waals surface area contributed by atoms with E-state index < -0.39 is 6.04 Å². The van der Waals surface area contributed by atoms with Crippen LogP contribution in [0, 0.1) is 12.8 Å². The SMILES string of the molecule is COCCNC(=O)[C@@H](NC(=O)c1cccc(C)c1)C1CCN(C(=O)c2ccccc2)CC1. The molecule has 7 heteroatoms. The molecule has 170 valence electrons. The number of carbonyl (C=O) groups is 3. The number of hydrogen-bond acceptors (Lipinski definition) is 4. The van der Waals surface area contributed by atoms with Gasteiger partial charge in [-0.15, -0.1) is 0 Å². The van der Waals surface area contributed by atoms with E-state index in [-0.39, 0.29) is 23.6 Å². The van der Waals surface area contributed by atoms with Crippen LogP contribution in [0.25, 0.3) is 0 Å². The van der Waals surface area contributed by atoms with Crippen molar-refractivity contribution in [1.29, 1.82) is 0 Å². The second-order valence-corrected chi connectivity index (χ2v) is 8.10. The van der Waals surface area contributed by atoms with Crippen molar-refractivity contribution in [2.24, 2.45) is 5.92 Å². The highest BCUT2D eigenvalue weighted by molar-refractivity contribution is 5.98. The molecule has 0 aliphatic carbocycles. The van der Waals surface area contributed by atoms with E-state index >= 15 is 0 Å². The second kappa shape index (κ2) is 11.4. The lowest BCUT2D eigenvalue weighted by molar-refractivity contribution is -0.124. The summed E-state index contributed by atoms with van der Waals surface area (Å²) >= 11 is 0. The van der Waals surface area contributed by atoms with Gasteiger partial charge < -0.3 is 20.3 Å². The lowest BCUT2D eigenvalue weighted by Gasteiger charge is -2.36. The van der Waals surface area contributed by atoms with E-state index in [4.69, 9.17) is 4.74 Å². The third kappa shape index (κ3) is 6.17. The van der Waals surface area contributed by atoms with Crippen LogP contribution in [0.5, 0.6) is 0 Å². The summed E-state index contributed by atoms with van der Waals surface area (Å²) in [7, 11) is 1.57. The molecule has 0 radical (unpaired) electrons. The molecule has 0 saturated carbocycles. The Bertz CT molecular complexity index is 924. The first kappa shape index (κ1) is 23.5. The number of aryl methyl sites for hydroxylation is 1. The summed E-state index contributed by atoms with van der Waals surface area (Å²) < 4.78 is 5.02. The van der Waals surface area contributed by atoms with E-state index in [1.54, 1.807) is 19.2 Å². The Hall–Kier alpha value is -3.19. The van der Waals surface area contributed by atoms with Gasteiger partial charge in [-0.25, -0.2) is 0 Å². The molecule has 0 aromatic heterocycles. The lowest BCUT2D eigenvalue weighted by atomic mass is 9.88.